The predicted octanol–water partition coefficient (Wildman–Crippen LogP) is 4.83. The summed E-state index contributed by atoms with van der Waals surface area (Å²) in [5.74, 6) is 1.74. The maximum Gasteiger partial charge on any atom is 0.136 e. The van der Waals surface area contributed by atoms with Crippen LogP contribution in [0.25, 0.3) is 22.4 Å². The standard InChI is InChI=1S/C18H13NO/c1-12-10-11-19-18-14-7-3-5-9-16(14)20-15-8-4-2-6-13(15)17(12)18/h2-11H,1H3. The molecule has 1 aliphatic rings. The van der Waals surface area contributed by atoms with Crippen LogP contribution < -0.4 is 4.74 Å². The van der Waals surface area contributed by atoms with Crippen LogP contribution in [0.3, 0.4) is 0 Å². The van der Waals surface area contributed by atoms with Crippen molar-refractivity contribution in [3.63, 3.8) is 0 Å². The largest absolute Gasteiger partial charge is 0.456 e. The predicted molar refractivity (Wildman–Crippen MR) is 79.9 cm³/mol. The maximum absolute atomic E-state index is 6.10. The number of para-hydroxylation sites is 2. The molecule has 0 N–H and O–H groups in total. The van der Waals surface area contributed by atoms with E-state index in [1.807, 2.05) is 48.7 Å². The fraction of sp³-hybridized carbons (Fsp3) is 0.0556. The normalized spacial score (nSPS) is 11.7. The highest BCUT2D eigenvalue weighted by Gasteiger charge is 2.22. The SMILES string of the molecule is Cc1ccnc2c1-c1ccccc1Oc1ccccc1-2. The number of rotatable bonds is 0. The van der Waals surface area contributed by atoms with Crippen molar-refractivity contribution in [1.29, 1.82) is 0 Å². The molecule has 0 aliphatic carbocycles. The summed E-state index contributed by atoms with van der Waals surface area (Å²) >= 11 is 0. The van der Waals surface area contributed by atoms with E-state index in [0.717, 1.165) is 33.9 Å². The fourth-order valence-electron chi connectivity index (χ4n) is 2.73. The van der Waals surface area contributed by atoms with E-state index < -0.39 is 0 Å². The third-order valence-electron chi connectivity index (χ3n) is 3.68. The van der Waals surface area contributed by atoms with Gasteiger partial charge in [0.05, 0.1) is 5.69 Å². The number of ether oxygens (including phenoxy) is 1. The lowest BCUT2D eigenvalue weighted by Gasteiger charge is -2.10. The highest BCUT2D eigenvalue weighted by atomic mass is 16.5. The minimum Gasteiger partial charge on any atom is -0.456 e. The van der Waals surface area contributed by atoms with Gasteiger partial charge < -0.3 is 4.74 Å². The van der Waals surface area contributed by atoms with E-state index >= 15 is 0 Å². The molecule has 0 radical (unpaired) electrons. The quantitative estimate of drug-likeness (QED) is 0.451. The summed E-state index contributed by atoms with van der Waals surface area (Å²) in [6.45, 7) is 2.12. The summed E-state index contributed by atoms with van der Waals surface area (Å²) in [4.78, 5) is 4.60. The molecule has 0 spiro atoms. The van der Waals surface area contributed by atoms with Crippen LogP contribution in [-0.4, -0.2) is 4.98 Å². The van der Waals surface area contributed by atoms with Crippen LogP contribution >= 0.6 is 0 Å². The van der Waals surface area contributed by atoms with Gasteiger partial charge in [-0.1, -0.05) is 30.3 Å². The Balaban J connectivity index is 2.16. The van der Waals surface area contributed by atoms with Crippen molar-refractivity contribution in [2.45, 2.75) is 6.92 Å². The zero-order chi connectivity index (χ0) is 13.5. The summed E-state index contributed by atoms with van der Waals surface area (Å²) in [6, 6.07) is 18.2. The van der Waals surface area contributed by atoms with E-state index in [9.17, 15) is 0 Å². The van der Waals surface area contributed by atoms with Crippen LogP contribution in [0.15, 0.2) is 60.8 Å². The number of hydrogen-bond donors (Lipinski definition) is 0. The number of pyridine rings is 1. The van der Waals surface area contributed by atoms with Gasteiger partial charge in [-0.2, -0.15) is 0 Å². The molecule has 2 aromatic carbocycles. The Morgan fingerprint density at radius 2 is 1.45 bits per heavy atom. The summed E-state index contributed by atoms with van der Waals surface area (Å²) in [7, 11) is 0. The van der Waals surface area contributed by atoms with Crippen molar-refractivity contribution in [3.8, 4) is 33.9 Å². The van der Waals surface area contributed by atoms with Gasteiger partial charge in [0.2, 0.25) is 0 Å². The Morgan fingerprint density at radius 3 is 2.25 bits per heavy atom. The molecule has 0 fully saturated rings. The van der Waals surface area contributed by atoms with Gasteiger partial charge >= 0.3 is 0 Å². The third kappa shape index (κ3) is 1.55. The van der Waals surface area contributed by atoms with Crippen molar-refractivity contribution in [1.82, 2.24) is 4.98 Å². The Bertz CT molecular complexity index is 808. The second-order valence-electron chi connectivity index (χ2n) is 4.95. The molecule has 0 atom stereocenters. The lowest BCUT2D eigenvalue weighted by molar-refractivity contribution is 0.487. The molecule has 0 amide bonds. The number of aromatic nitrogens is 1. The monoisotopic (exact) mass is 259 g/mol. The molecule has 3 aromatic rings. The summed E-state index contributed by atoms with van der Waals surface area (Å²) < 4.78 is 6.10. The molecule has 2 heterocycles. The van der Waals surface area contributed by atoms with Gasteiger partial charge in [-0.25, -0.2) is 0 Å². The first-order valence-corrected chi connectivity index (χ1v) is 6.67. The van der Waals surface area contributed by atoms with Gasteiger partial charge in [0.25, 0.3) is 0 Å². The first-order valence-electron chi connectivity index (χ1n) is 6.67. The van der Waals surface area contributed by atoms with Crippen LogP contribution in [0.5, 0.6) is 11.5 Å². The molecular weight excluding hydrogens is 246 g/mol. The molecule has 0 saturated heterocycles. The average Bonchev–Trinajstić information content (AvgIpc) is 2.62. The van der Waals surface area contributed by atoms with Crippen LogP contribution in [0, 0.1) is 6.92 Å². The van der Waals surface area contributed by atoms with E-state index in [-0.39, 0.29) is 0 Å². The van der Waals surface area contributed by atoms with Crippen molar-refractivity contribution in [3.05, 3.63) is 66.4 Å². The maximum atomic E-state index is 6.10. The van der Waals surface area contributed by atoms with E-state index in [4.69, 9.17) is 4.74 Å². The van der Waals surface area contributed by atoms with Gasteiger partial charge in [-0.15, -0.1) is 0 Å². The van der Waals surface area contributed by atoms with Crippen LogP contribution in [0.1, 0.15) is 5.56 Å². The zero-order valence-electron chi connectivity index (χ0n) is 11.1. The van der Waals surface area contributed by atoms with Crippen LogP contribution in [0.2, 0.25) is 0 Å². The molecule has 0 unspecified atom stereocenters. The Hall–Kier alpha value is -2.61. The van der Waals surface area contributed by atoms with Crippen LogP contribution in [-0.2, 0) is 0 Å². The smallest absolute Gasteiger partial charge is 0.136 e. The Morgan fingerprint density at radius 1 is 0.800 bits per heavy atom. The molecule has 96 valence electrons. The fourth-order valence-corrected chi connectivity index (χ4v) is 2.73. The Kier molecular flexibility index (Phi) is 2.36. The molecule has 1 aliphatic heterocycles. The average molecular weight is 259 g/mol. The van der Waals surface area contributed by atoms with Crippen molar-refractivity contribution < 1.29 is 4.74 Å². The van der Waals surface area contributed by atoms with E-state index in [2.05, 4.69) is 24.0 Å². The molecule has 0 saturated carbocycles. The summed E-state index contributed by atoms with van der Waals surface area (Å²) in [5.41, 5.74) is 5.51. The molecular formula is C18H13NO. The van der Waals surface area contributed by atoms with Gasteiger partial charge in [-0.05, 0) is 36.8 Å². The number of fused-ring (bicyclic) bond motifs is 5. The zero-order valence-corrected chi connectivity index (χ0v) is 11.1. The second kappa shape index (κ2) is 4.20. The van der Waals surface area contributed by atoms with Gasteiger partial charge in [0, 0.05) is 22.9 Å². The third-order valence-corrected chi connectivity index (χ3v) is 3.68. The molecule has 20 heavy (non-hydrogen) atoms. The van der Waals surface area contributed by atoms with Crippen LogP contribution in [0.4, 0.5) is 0 Å². The van der Waals surface area contributed by atoms with Crippen molar-refractivity contribution >= 4 is 0 Å². The highest BCUT2D eigenvalue weighted by Crippen LogP contribution is 2.46. The summed E-state index contributed by atoms with van der Waals surface area (Å²) in [6.07, 6.45) is 1.86. The molecule has 2 nitrogen and oxygen atoms in total. The highest BCUT2D eigenvalue weighted by molar-refractivity contribution is 5.89. The first-order chi connectivity index (χ1) is 9.84. The molecule has 4 rings (SSSR count). The molecule has 0 bridgehead atoms. The van der Waals surface area contributed by atoms with E-state index in [1.54, 1.807) is 0 Å². The summed E-state index contributed by atoms with van der Waals surface area (Å²) in [5, 5.41) is 0. The molecule has 1 aromatic heterocycles. The van der Waals surface area contributed by atoms with Gasteiger partial charge in [-0.3, -0.25) is 4.98 Å². The number of nitrogens with zero attached hydrogens (tertiary/aromatic N) is 1. The van der Waals surface area contributed by atoms with E-state index in [1.165, 1.54) is 5.56 Å². The van der Waals surface area contributed by atoms with Crippen molar-refractivity contribution in [2.75, 3.05) is 0 Å². The lowest BCUT2D eigenvalue weighted by atomic mass is 9.95. The molecule has 2 heteroatoms. The number of hydrogen-bond acceptors (Lipinski definition) is 2. The number of aryl methyl sites for hydroxylation is 1. The van der Waals surface area contributed by atoms with Gasteiger partial charge in [0.1, 0.15) is 11.5 Å². The first kappa shape index (κ1) is 11.2. The number of benzene rings is 2. The van der Waals surface area contributed by atoms with Crippen molar-refractivity contribution in [2.24, 2.45) is 0 Å². The minimum absolute atomic E-state index is 0.858. The minimum atomic E-state index is 0.858. The Labute approximate surface area is 117 Å². The van der Waals surface area contributed by atoms with Gasteiger partial charge in [0.15, 0.2) is 0 Å². The topological polar surface area (TPSA) is 22.1 Å². The van der Waals surface area contributed by atoms with E-state index in [0.29, 0.717) is 0 Å². The lowest BCUT2D eigenvalue weighted by Crippen LogP contribution is -1.90. The second-order valence-corrected chi connectivity index (χ2v) is 4.95.